The molecule has 0 aliphatic heterocycles. The van der Waals surface area contributed by atoms with Crippen LogP contribution in [0.25, 0.3) is 0 Å². The largest absolute Gasteiger partial charge is 0.354 e. The molecule has 2 amide bonds. The number of sulfonamides is 1. The Balaban J connectivity index is 2.06. The zero-order valence-corrected chi connectivity index (χ0v) is 25.0. The minimum Gasteiger partial charge on any atom is -0.354 e. The van der Waals surface area contributed by atoms with Gasteiger partial charge in [-0.15, -0.1) is 0 Å². The van der Waals surface area contributed by atoms with Crippen molar-refractivity contribution < 1.29 is 18.0 Å². The average Bonchev–Trinajstić information content (AvgIpc) is 2.90. The van der Waals surface area contributed by atoms with E-state index in [1.54, 1.807) is 6.07 Å². The van der Waals surface area contributed by atoms with Gasteiger partial charge in [-0.05, 0) is 55.5 Å². The van der Waals surface area contributed by atoms with Gasteiger partial charge in [0.25, 0.3) is 0 Å². The van der Waals surface area contributed by atoms with Crippen LogP contribution in [0, 0.1) is 20.8 Å². The number of aryl methyl sites for hydroxylation is 3. The number of nitrogens with one attached hydrogen (secondary N) is 1. The number of nitrogens with zero attached hydrogens (tertiary/aromatic N) is 2. The summed E-state index contributed by atoms with van der Waals surface area (Å²) < 4.78 is 27.2. The van der Waals surface area contributed by atoms with Crippen LogP contribution in [0.4, 0.5) is 5.69 Å². The number of benzene rings is 3. The Morgan fingerprint density at radius 2 is 1.55 bits per heavy atom. The molecule has 8 heteroatoms. The summed E-state index contributed by atoms with van der Waals surface area (Å²) in [5, 5.41) is 3.00. The second kappa shape index (κ2) is 14.1. The Hall–Kier alpha value is -3.65. The summed E-state index contributed by atoms with van der Waals surface area (Å²) >= 11 is 0. The molecule has 0 heterocycles. The number of rotatable bonds is 13. The van der Waals surface area contributed by atoms with Crippen LogP contribution in [0.5, 0.6) is 0 Å². The molecule has 0 unspecified atom stereocenters. The number of unbranched alkanes of at least 4 members (excludes halogenated alkanes) is 1. The fourth-order valence-electron chi connectivity index (χ4n) is 4.65. The van der Waals surface area contributed by atoms with Gasteiger partial charge in [0.05, 0.1) is 11.9 Å². The molecule has 3 aromatic rings. The van der Waals surface area contributed by atoms with Gasteiger partial charge >= 0.3 is 0 Å². The molecule has 0 bridgehead atoms. The number of hydrogen-bond acceptors (Lipinski definition) is 4. The monoisotopic (exact) mass is 563 g/mol. The SMILES string of the molecule is CCCCNC(=O)[C@H](Cc1ccccc1)N(Cc1cccc(C)c1)C(=O)CN(c1cc(C)ccc1C)S(C)(=O)=O. The fourth-order valence-corrected chi connectivity index (χ4v) is 5.55. The minimum atomic E-state index is -3.80. The first-order valence-electron chi connectivity index (χ1n) is 13.7. The van der Waals surface area contributed by atoms with E-state index in [-0.39, 0.29) is 12.5 Å². The van der Waals surface area contributed by atoms with Crippen LogP contribution >= 0.6 is 0 Å². The van der Waals surface area contributed by atoms with Crippen LogP contribution in [0.2, 0.25) is 0 Å². The summed E-state index contributed by atoms with van der Waals surface area (Å²) in [5.74, 6) is -0.699. The highest BCUT2D eigenvalue weighted by Crippen LogP contribution is 2.25. The molecule has 1 N–H and O–H groups in total. The van der Waals surface area contributed by atoms with Gasteiger partial charge in [-0.25, -0.2) is 8.42 Å². The lowest BCUT2D eigenvalue weighted by Crippen LogP contribution is -2.53. The van der Waals surface area contributed by atoms with Crippen molar-refractivity contribution in [3.05, 3.63) is 101 Å². The Bertz CT molecular complexity index is 1410. The Kier molecular flexibility index (Phi) is 10.9. The predicted molar refractivity (Wildman–Crippen MR) is 162 cm³/mol. The van der Waals surface area contributed by atoms with E-state index in [2.05, 4.69) is 5.32 Å². The molecule has 0 saturated carbocycles. The highest BCUT2D eigenvalue weighted by molar-refractivity contribution is 7.92. The van der Waals surface area contributed by atoms with Crippen molar-refractivity contribution in [3.8, 4) is 0 Å². The van der Waals surface area contributed by atoms with Crippen LogP contribution in [0.15, 0.2) is 72.8 Å². The number of carbonyl (C=O) groups is 2. The van der Waals surface area contributed by atoms with Gasteiger partial charge < -0.3 is 10.2 Å². The van der Waals surface area contributed by atoms with Crippen molar-refractivity contribution >= 4 is 27.5 Å². The maximum Gasteiger partial charge on any atom is 0.244 e. The first kappa shape index (κ1) is 30.9. The van der Waals surface area contributed by atoms with Gasteiger partial charge in [-0.3, -0.25) is 13.9 Å². The second-order valence-electron chi connectivity index (χ2n) is 10.4. The standard InChI is InChI=1S/C32H41N3O4S/c1-6-7-18-33-32(37)30(21-27-13-9-8-10-14-27)34(22-28-15-11-12-24(2)19-28)31(36)23-35(40(5,38)39)29-20-25(3)16-17-26(29)4/h8-17,19-20,30H,6-7,18,21-23H2,1-5H3,(H,33,37)/t30-/m0/s1. The van der Waals surface area contributed by atoms with Gasteiger partial charge in [0.1, 0.15) is 12.6 Å². The van der Waals surface area contributed by atoms with Crippen molar-refractivity contribution in [3.63, 3.8) is 0 Å². The molecule has 3 rings (SSSR count). The Morgan fingerprint density at radius 1 is 0.875 bits per heavy atom. The molecule has 0 aliphatic carbocycles. The lowest BCUT2D eigenvalue weighted by Gasteiger charge is -2.34. The third-order valence-electron chi connectivity index (χ3n) is 6.85. The summed E-state index contributed by atoms with van der Waals surface area (Å²) in [5.41, 5.74) is 4.89. The van der Waals surface area contributed by atoms with Crippen molar-refractivity contribution in [2.24, 2.45) is 0 Å². The lowest BCUT2D eigenvalue weighted by atomic mass is 10.0. The summed E-state index contributed by atoms with van der Waals surface area (Å²) in [4.78, 5) is 29.3. The second-order valence-corrected chi connectivity index (χ2v) is 12.3. The maximum atomic E-state index is 14.2. The smallest absolute Gasteiger partial charge is 0.244 e. The van der Waals surface area contributed by atoms with Crippen molar-refractivity contribution in [2.75, 3.05) is 23.7 Å². The molecule has 0 saturated heterocycles. The molecule has 0 aliphatic rings. The summed E-state index contributed by atoms with van der Waals surface area (Å²) in [7, 11) is -3.80. The van der Waals surface area contributed by atoms with E-state index in [1.807, 2.05) is 94.4 Å². The maximum absolute atomic E-state index is 14.2. The van der Waals surface area contributed by atoms with E-state index < -0.39 is 28.5 Å². The van der Waals surface area contributed by atoms with E-state index >= 15 is 0 Å². The third-order valence-corrected chi connectivity index (χ3v) is 7.98. The lowest BCUT2D eigenvalue weighted by molar-refractivity contribution is -0.140. The first-order valence-corrected chi connectivity index (χ1v) is 15.6. The third kappa shape index (κ3) is 8.68. The van der Waals surface area contributed by atoms with Crippen molar-refractivity contribution in [1.82, 2.24) is 10.2 Å². The zero-order chi connectivity index (χ0) is 29.3. The Labute approximate surface area is 239 Å². The highest BCUT2D eigenvalue weighted by atomic mass is 32.2. The van der Waals surface area contributed by atoms with E-state index in [0.717, 1.165) is 51.2 Å². The van der Waals surface area contributed by atoms with Crippen molar-refractivity contribution in [2.45, 2.75) is 59.5 Å². The highest BCUT2D eigenvalue weighted by Gasteiger charge is 2.33. The summed E-state index contributed by atoms with van der Waals surface area (Å²) in [6.07, 6.45) is 3.16. The first-order chi connectivity index (χ1) is 19.0. The molecule has 3 aromatic carbocycles. The average molecular weight is 564 g/mol. The molecule has 214 valence electrons. The molecule has 0 aromatic heterocycles. The quantitative estimate of drug-likeness (QED) is 0.299. The molecule has 7 nitrogen and oxygen atoms in total. The molecular formula is C32H41N3O4S. The summed E-state index contributed by atoms with van der Waals surface area (Å²) in [6, 6.07) is 22.1. The minimum absolute atomic E-state index is 0.170. The van der Waals surface area contributed by atoms with Gasteiger partial charge in [0, 0.05) is 19.5 Å². The number of hydrogen-bond donors (Lipinski definition) is 1. The normalized spacial score (nSPS) is 12.0. The number of anilines is 1. The number of carbonyl (C=O) groups excluding carboxylic acids is 2. The zero-order valence-electron chi connectivity index (χ0n) is 24.2. The molecule has 0 fully saturated rings. The number of amides is 2. The topological polar surface area (TPSA) is 86.8 Å². The molecule has 40 heavy (non-hydrogen) atoms. The van der Waals surface area contributed by atoms with Crippen LogP contribution < -0.4 is 9.62 Å². The molecule has 0 radical (unpaired) electrons. The van der Waals surface area contributed by atoms with Crippen LogP contribution in [0.1, 0.15) is 47.6 Å². The predicted octanol–water partition coefficient (Wildman–Crippen LogP) is 4.93. The van der Waals surface area contributed by atoms with Gasteiger partial charge in [0.15, 0.2) is 0 Å². The van der Waals surface area contributed by atoms with Crippen LogP contribution in [0.3, 0.4) is 0 Å². The molecule has 1 atom stereocenters. The van der Waals surface area contributed by atoms with E-state index in [0.29, 0.717) is 18.7 Å². The van der Waals surface area contributed by atoms with E-state index in [1.165, 1.54) is 4.90 Å². The van der Waals surface area contributed by atoms with Crippen LogP contribution in [-0.2, 0) is 32.6 Å². The van der Waals surface area contributed by atoms with Gasteiger partial charge in [-0.1, -0.05) is 85.6 Å². The van der Waals surface area contributed by atoms with Gasteiger partial charge in [-0.2, -0.15) is 0 Å². The summed E-state index contributed by atoms with van der Waals surface area (Å²) in [6.45, 7) is 7.99. The van der Waals surface area contributed by atoms with E-state index in [9.17, 15) is 18.0 Å². The van der Waals surface area contributed by atoms with Crippen LogP contribution in [-0.4, -0.2) is 50.5 Å². The van der Waals surface area contributed by atoms with Crippen molar-refractivity contribution in [1.29, 1.82) is 0 Å². The van der Waals surface area contributed by atoms with Gasteiger partial charge in [0.2, 0.25) is 21.8 Å². The Morgan fingerprint density at radius 3 is 2.20 bits per heavy atom. The molecule has 0 spiro atoms. The molecular weight excluding hydrogens is 522 g/mol. The fraction of sp³-hybridized carbons (Fsp3) is 0.375. The van der Waals surface area contributed by atoms with E-state index in [4.69, 9.17) is 0 Å².